The summed E-state index contributed by atoms with van der Waals surface area (Å²) in [7, 11) is 0. The molecule has 20 nitrogen and oxygen atoms in total. The fourth-order valence-electron chi connectivity index (χ4n) is 6.06. The molecule has 5 amide bonds. The molecule has 0 saturated carbocycles. The molecule has 0 aliphatic carbocycles. The zero-order valence-electron chi connectivity index (χ0n) is 33.8. The second-order valence-electron chi connectivity index (χ2n) is 14.1. The Bertz CT molecular complexity index is 1850. The second kappa shape index (κ2) is 27.8. The summed E-state index contributed by atoms with van der Waals surface area (Å²) >= 11 is 0. The Morgan fingerprint density at radius 1 is 0.787 bits per heavy atom. The van der Waals surface area contributed by atoms with E-state index < -0.39 is 78.6 Å². The third-order valence-electron chi connectivity index (χ3n) is 9.22. The molecule has 0 bridgehead atoms. The topological polar surface area (TPSA) is 358 Å². The minimum atomic E-state index is -1.25. The van der Waals surface area contributed by atoms with Crippen LogP contribution in [0.1, 0.15) is 55.3 Å². The number of aliphatic imine (C=N–C) groups is 1. The van der Waals surface area contributed by atoms with Crippen molar-refractivity contribution in [1.82, 2.24) is 25.9 Å². The van der Waals surface area contributed by atoms with Gasteiger partial charge in [0.2, 0.25) is 17.7 Å². The average molecular weight is 896 g/mol. The van der Waals surface area contributed by atoms with Gasteiger partial charge in [-0.3, -0.25) is 19.4 Å². The van der Waals surface area contributed by atoms with Crippen molar-refractivity contribution < 1.29 is 50.9 Å². The van der Waals surface area contributed by atoms with Gasteiger partial charge in [-0.15, -0.1) is 0 Å². The number of aromatic hydroxyl groups is 1. The molecule has 0 aliphatic rings. The number of nitrogens with zero attached hydrogens (tertiary/aromatic N) is 4. The number of nitrogens with two attached hydrogens (primary N) is 5. The number of H-pyrrole nitrogens is 1. The molecule has 1 aromatic heterocycles. The van der Waals surface area contributed by atoms with Gasteiger partial charge in [0.25, 0.3) is 0 Å². The van der Waals surface area contributed by atoms with Crippen LogP contribution in [-0.2, 0) is 65.1 Å². The number of Topliss-reactive ketones (excluding diaryl/α,β-unsaturated/α-hetero) is 1. The number of amides is 5. The fourth-order valence-corrected chi connectivity index (χ4v) is 6.06. The van der Waals surface area contributed by atoms with Crippen LogP contribution in [0.3, 0.4) is 0 Å². The first-order chi connectivity index (χ1) is 28.8. The van der Waals surface area contributed by atoms with Crippen LogP contribution in [0.2, 0.25) is 0 Å². The summed E-state index contributed by atoms with van der Waals surface area (Å²) in [5.74, 6) is -4.09. The van der Waals surface area contributed by atoms with Crippen LogP contribution >= 0.6 is 0 Å². The van der Waals surface area contributed by atoms with Gasteiger partial charge in [-0.1, -0.05) is 55.4 Å². The number of carbonyl (C=O) groups is 6. The molecule has 335 valence electrons. The molecule has 15 N–H and O–H groups in total. The van der Waals surface area contributed by atoms with Gasteiger partial charge in [0.05, 0.1) is 18.3 Å². The van der Waals surface area contributed by atoms with Gasteiger partial charge in [0.15, 0.2) is 5.96 Å². The fraction of sp³-hybridized carbons (Fsp3) is 0.450. The maximum Gasteiger partial charge on any atom is 2.00 e. The predicted molar refractivity (Wildman–Crippen MR) is 225 cm³/mol. The van der Waals surface area contributed by atoms with Gasteiger partial charge < -0.3 is 79.7 Å². The maximum absolute atomic E-state index is 14.3. The van der Waals surface area contributed by atoms with E-state index in [1.54, 1.807) is 36.4 Å². The summed E-state index contributed by atoms with van der Waals surface area (Å²) in [6.45, 7) is -0.429. The number of unbranched alkanes of at least 4 members (excludes halogenated alkanes) is 1. The van der Waals surface area contributed by atoms with Crippen molar-refractivity contribution in [2.45, 2.75) is 88.0 Å². The summed E-state index contributed by atoms with van der Waals surface area (Å²) in [6.07, 6.45) is 4.62. The first kappa shape index (κ1) is 51.3. The van der Waals surface area contributed by atoms with Crippen LogP contribution < -0.4 is 44.6 Å². The minimum Gasteiger partial charge on any atom is -0.648 e. The zero-order valence-corrected chi connectivity index (χ0v) is 34.7. The number of hydrogen-bond donors (Lipinski definition) is 10. The van der Waals surface area contributed by atoms with E-state index >= 15 is 0 Å². The Labute approximate surface area is 365 Å². The number of imidazole rings is 1. The summed E-state index contributed by atoms with van der Waals surface area (Å²) < 4.78 is 0. The normalized spacial score (nSPS) is 13.2. The van der Waals surface area contributed by atoms with Gasteiger partial charge in [-0.25, -0.2) is 4.98 Å². The first-order valence-corrected chi connectivity index (χ1v) is 19.7. The van der Waals surface area contributed by atoms with Gasteiger partial charge in [0, 0.05) is 49.8 Å². The number of rotatable bonds is 27. The smallest absolute Gasteiger partial charge is 0.648 e. The number of benzene rings is 2. The van der Waals surface area contributed by atoms with E-state index in [2.05, 4.69) is 41.5 Å². The molecule has 0 spiro atoms. The number of hydrogen-bond acceptors (Lipinski definition) is 12. The SMILES string of the molecule is NCCCC[C@H](N)C(=O)N[C@@H](Cc1ccccc1)C(=O)N[C@H](CCCN=C(N)N)C(=O)N[C@H](CC(=O)C(Cc1cnc[nH]1)[N-]C(=O)C[N-]C(=O)CN)Cc1ccc(O)cc1.[Cu+2]. The molecular formula is C40H57CuN13O7. The van der Waals surface area contributed by atoms with Crippen LogP contribution in [0.25, 0.3) is 10.6 Å². The van der Waals surface area contributed by atoms with E-state index in [0.29, 0.717) is 37.1 Å². The summed E-state index contributed by atoms with van der Waals surface area (Å²) in [5.41, 5.74) is 30.0. The van der Waals surface area contributed by atoms with E-state index in [1.807, 2.05) is 6.07 Å². The molecule has 21 heteroatoms. The van der Waals surface area contributed by atoms with E-state index in [0.717, 1.165) is 5.56 Å². The Morgan fingerprint density at radius 2 is 1.46 bits per heavy atom. The molecule has 1 unspecified atom stereocenters. The molecule has 1 heterocycles. The number of phenols is 1. The Morgan fingerprint density at radius 3 is 2.10 bits per heavy atom. The number of ketones is 1. The van der Waals surface area contributed by atoms with E-state index in [4.69, 9.17) is 28.7 Å². The molecule has 5 atom stereocenters. The maximum atomic E-state index is 14.3. The standard InChI is InChI=1S/C40H59N13O7.Cu/c41-15-5-4-9-30(43)37(58)53-33(18-25-7-2-1-3-8-25)39(60)52-31(10-6-16-47-40(44)45)38(59)50-27(17-26-11-13-29(54)14-12-26)20-34(55)32(19-28-22-46-24-49-28)51-36(57)23-48-35(56)21-42;/h1-3,7-8,11-14,22,24,27,30-33H,4-6,9-10,15-21,23,41-43H2,(H11,44,45,46,47,48,49,50,51,52,53,54,56,57,58,59,60);/q;+2/p-2/t27-,30-,31+,32?,33-;/m0./s1. The Kier molecular flexibility index (Phi) is 23.4. The van der Waals surface area contributed by atoms with E-state index in [9.17, 15) is 33.9 Å². The Balaban J connectivity index is 0.0000128. The van der Waals surface area contributed by atoms with Gasteiger partial charge >= 0.3 is 17.1 Å². The van der Waals surface area contributed by atoms with Gasteiger partial charge in [-0.2, -0.15) is 0 Å². The molecule has 61 heavy (non-hydrogen) atoms. The van der Waals surface area contributed by atoms with E-state index in [1.165, 1.54) is 24.7 Å². The van der Waals surface area contributed by atoms with Crippen molar-refractivity contribution in [1.29, 1.82) is 0 Å². The molecule has 0 saturated heterocycles. The second-order valence-corrected chi connectivity index (χ2v) is 14.1. The predicted octanol–water partition coefficient (Wildman–Crippen LogP) is -0.808. The number of aromatic nitrogens is 2. The molecule has 0 fully saturated rings. The first-order valence-electron chi connectivity index (χ1n) is 19.7. The third-order valence-corrected chi connectivity index (χ3v) is 9.22. The van der Waals surface area contributed by atoms with Crippen molar-refractivity contribution in [3.05, 3.63) is 94.6 Å². The molecule has 3 rings (SSSR count). The Hall–Kier alpha value is -5.86. The number of guanidine groups is 1. The summed E-state index contributed by atoms with van der Waals surface area (Å²) in [4.78, 5) is 90.8. The van der Waals surface area contributed by atoms with Gasteiger partial charge in [-0.05, 0) is 74.4 Å². The van der Waals surface area contributed by atoms with Crippen molar-refractivity contribution in [2.24, 2.45) is 33.7 Å². The molecular weight excluding hydrogens is 838 g/mol. The zero-order chi connectivity index (χ0) is 43.9. The molecule has 3 aromatic rings. The molecule has 2 aromatic carbocycles. The summed E-state index contributed by atoms with van der Waals surface area (Å²) in [6, 6.07) is 9.74. The van der Waals surface area contributed by atoms with Crippen molar-refractivity contribution >= 4 is 41.3 Å². The number of phenolic OH excluding ortho intramolecular Hbond substituents is 1. The summed E-state index contributed by atoms with van der Waals surface area (Å²) in [5, 5.41) is 26.0. The number of aromatic amines is 1. The van der Waals surface area contributed by atoms with Crippen LogP contribution in [0.4, 0.5) is 0 Å². The van der Waals surface area contributed by atoms with Crippen LogP contribution in [0.5, 0.6) is 5.75 Å². The third kappa shape index (κ3) is 19.8. The number of nitrogens with one attached hydrogen (secondary N) is 4. The quantitative estimate of drug-likeness (QED) is 0.0194. The van der Waals surface area contributed by atoms with Crippen molar-refractivity contribution in [2.75, 3.05) is 26.2 Å². The molecule has 0 aliphatic heterocycles. The van der Waals surface area contributed by atoms with Crippen molar-refractivity contribution in [3.8, 4) is 5.75 Å². The van der Waals surface area contributed by atoms with E-state index in [-0.39, 0.29) is 73.8 Å². The van der Waals surface area contributed by atoms with Crippen molar-refractivity contribution in [3.63, 3.8) is 0 Å². The monoisotopic (exact) mass is 894 g/mol. The number of carbonyl (C=O) groups excluding carboxylic acids is 6. The molecule has 1 radical (unpaired) electrons. The average Bonchev–Trinajstić information content (AvgIpc) is 3.74. The van der Waals surface area contributed by atoms with Crippen LogP contribution in [0.15, 0.2) is 72.1 Å². The van der Waals surface area contributed by atoms with Crippen LogP contribution in [0, 0.1) is 0 Å². The van der Waals surface area contributed by atoms with Gasteiger partial charge in [0.1, 0.15) is 23.6 Å². The minimum absolute atomic E-state index is 0. The largest absolute Gasteiger partial charge is 2.00 e. The van der Waals surface area contributed by atoms with Crippen LogP contribution in [-0.4, -0.2) is 113 Å².